The Kier molecular flexibility index (Phi) is 6.82. The second kappa shape index (κ2) is 10.2. The fraction of sp³-hybridized carbons (Fsp3) is 0.483. The Bertz CT molecular complexity index is 1340. The molecule has 8 heteroatoms. The number of para-hydroxylation sites is 1. The van der Waals surface area contributed by atoms with Crippen molar-refractivity contribution in [1.29, 1.82) is 0 Å². The Hall–Kier alpha value is -2.68. The third-order valence-electron chi connectivity index (χ3n) is 8.55. The molecule has 0 radical (unpaired) electrons. The van der Waals surface area contributed by atoms with Crippen molar-refractivity contribution in [1.82, 2.24) is 19.0 Å². The maximum atomic E-state index is 13.5. The average molecular weight is 520 g/mol. The maximum absolute atomic E-state index is 13.5. The van der Waals surface area contributed by atoms with E-state index in [-0.39, 0.29) is 0 Å². The molecule has 6 rings (SSSR count). The molecule has 0 bridgehead atoms. The summed E-state index contributed by atoms with van der Waals surface area (Å²) in [7, 11) is -3.60. The first-order valence-electron chi connectivity index (χ1n) is 13.7. The zero-order valence-corrected chi connectivity index (χ0v) is 22.5. The van der Waals surface area contributed by atoms with Crippen LogP contribution in [0.3, 0.4) is 0 Å². The molecule has 2 aliphatic heterocycles. The van der Waals surface area contributed by atoms with Crippen molar-refractivity contribution in [3.8, 4) is 5.69 Å². The van der Waals surface area contributed by atoms with E-state index in [0.717, 1.165) is 31.1 Å². The Labute approximate surface area is 220 Å². The van der Waals surface area contributed by atoms with E-state index in [9.17, 15) is 8.42 Å². The molecule has 3 heterocycles. The van der Waals surface area contributed by atoms with Crippen LogP contribution >= 0.6 is 0 Å². The van der Waals surface area contributed by atoms with Crippen LogP contribution in [-0.4, -0.2) is 72.7 Å². The molecule has 1 saturated heterocycles. The first kappa shape index (κ1) is 24.6. The van der Waals surface area contributed by atoms with Crippen molar-refractivity contribution >= 4 is 15.7 Å². The lowest BCUT2D eigenvalue weighted by molar-refractivity contribution is 0.208. The van der Waals surface area contributed by atoms with E-state index in [4.69, 9.17) is 0 Å². The zero-order valence-electron chi connectivity index (χ0n) is 21.7. The van der Waals surface area contributed by atoms with Gasteiger partial charge in [-0.2, -0.15) is 9.40 Å². The van der Waals surface area contributed by atoms with E-state index >= 15 is 0 Å². The van der Waals surface area contributed by atoms with Crippen LogP contribution in [0.2, 0.25) is 0 Å². The second-order valence-corrected chi connectivity index (χ2v) is 12.6. The number of rotatable bonds is 5. The van der Waals surface area contributed by atoms with Crippen molar-refractivity contribution in [2.75, 3.05) is 44.2 Å². The lowest BCUT2D eigenvalue weighted by atomic mass is 10.0. The van der Waals surface area contributed by atoms with Gasteiger partial charge in [-0.25, -0.2) is 13.1 Å². The lowest BCUT2D eigenvalue weighted by Gasteiger charge is -2.35. The van der Waals surface area contributed by atoms with Gasteiger partial charge >= 0.3 is 0 Å². The average Bonchev–Trinajstić information content (AvgIpc) is 3.55. The van der Waals surface area contributed by atoms with Crippen LogP contribution in [0.25, 0.3) is 5.69 Å². The number of piperazine rings is 1. The summed E-state index contributed by atoms with van der Waals surface area (Å²) < 4.78 is 30.3. The number of nitrogens with zero attached hydrogens (tertiary/aromatic N) is 5. The van der Waals surface area contributed by atoms with Gasteiger partial charge in [0.2, 0.25) is 10.0 Å². The summed E-state index contributed by atoms with van der Waals surface area (Å²) in [6.45, 7) is 6.50. The van der Waals surface area contributed by atoms with Crippen molar-refractivity contribution < 1.29 is 8.42 Å². The molecule has 7 nitrogen and oxygen atoms in total. The molecule has 1 aliphatic carbocycles. The molecule has 3 aliphatic rings. The quantitative estimate of drug-likeness (QED) is 0.509. The molecule has 196 valence electrons. The van der Waals surface area contributed by atoms with Crippen LogP contribution in [0, 0.1) is 6.92 Å². The Morgan fingerprint density at radius 2 is 1.51 bits per heavy atom. The van der Waals surface area contributed by atoms with Crippen LogP contribution < -0.4 is 4.90 Å². The fourth-order valence-corrected chi connectivity index (χ4v) is 7.93. The first-order chi connectivity index (χ1) is 18.0. The third-order valence-corrected chi connectivity index (χ3v) is 10.6. The zero-order chi connectivity index (χ0) is 25.4. The lowest BCUT2D eigenvalue weighted by Crippen LogP contribution is -2.48. The monoisotopic (exact) mass is 519 g/mol. The highest BCUT2D eigenvalue weighted by Crippen LogP contribution is 2.29. The maximum Gasteiger partial charge on any atom is 0.246 e. The second-order valence-electron chi connectivity index (χ2n) is 10.7. The van der Waals surface area contributed by atoms with Crippen molar-refractivity contribution in [3.63, 3.8) is 0 Å². The van der Waals surface area contributed by atoms with Gasteiger partial charge in [0.1, 0.15) is 4.90 Å². The van der Waals surface area contributed by atoms with Crippen LogP contribution in [0.1, 0.15) is 42.5 Å². The molecule has 3 aromatic rings. The predicted octanol–water partition coefficient (Wildman–Crippen LogP) is 4.03. The van der Waals surface area contributed by atoms with Crippen molar-refractivity contribution in [2.24, 2.45) is 0 Å². The summed E-state index contributed by atoms with van der Waals surface area (Å²) in [5.74, 6) is 0. The molecule has 2 fully saturated rings. The molecule has 0 N–H and O–H groups in total. The number of aromatic nitrogens is 2. The van der Waals surface area contributed by atoms with Gasteiger partial charge in [0.15, 0.2) is 0 Å². The van der Waals surface area contributed by atoms with E-state index in [2.05, 4.69) is 33.1 Å². The van der Waals surface area contributed by atoms with Gasteiger partial charge in [-0.3, -0.25) is 4.90 Å². The first-order valence-corrected chi connectivity index (χ1v) is 15.2. The molecule has 37 heavy (non-hydrogen) atoms. The highest BCUT2D eigenvalue weighted by molar-refractivity contribution is 7.89. The number of fused-ring (bicyclic) bond motifs is 1. The topological polar surface area (TPSA) is 61.7 Å². The van der Waals surface area contributed by atoms with E-state index in [0.29, 0.717) is 36.8 Å². The minimum atomic E-state index is -3.60. The van der Waals surface area contributed by atoms with Crippen molar-refractivity contribution in [2.45, 2.75) is 56.4 Å². The molecule has 0 amide bonds. The SMILES string of the molecule is Cc1c(S(=O)(=O)N2CCN(c3ccc4c(c3)CCN(C3CCCC3)CC4)CC2)cnn1-c1ccccc1. The van der Waals surface area contributed by atoms with Gasteiger partial charge in [-0.15, -0.1) is 0 Å². The van der Waals surface area contributed by atoms with E-state index in [1.165, 1.54) is 55.2 Å². The number of sulfonamides is 1. The van der Waals surface area contributed by atoms with E-state index < -0.39 is 10.0 Å². The summed E-state index contributed by atoms with van der Waals surface area (Å²) in [6.07, 6.45) is 9.23. The van der Waals surface area contributed by atoms with Gasteiger partial charge in [0.05, 0.1) is 17.6 Å². The highest BCUT2D eigenvalue weighted by atomic mass is 32.2. The summed E-state index contributed by atoms with van der Waals surface area (Å²) >= 11 is 0. The molecule has 2 aromatic carbocycles. The van der Waals surface area contributed by atoms with Crippen LogP contribution in [0.4, 0.5) is 5.69 Å². The van der Waals surface area contributed by atoms with Gasteiger partial charge in [0, 0.05) is 51.0 Å². The standard InChI is InChI=1S/C29H37N5O2S/c1-23-29(22-30-34(23)27-9-3-2-4-10-27)37(35,36)33-19-17-32(18-20-33)28-12-11-24-13-15-31(16-14-25(24)21-28)26-7-5-6-8-26/h2-4,9-12,21-22,26H,5-8,13-20H2,1H3. The van der Waals surface area contributed by atoms with Gasteiger partial charge in [0.25, 0.3) is 0 Å². The summed E-state index contributed by atoms with van der Waals surface area (Å²) in [4.78, 5) is 5.35. The van der Waals surface area contributed by atoms with Crippen molar-refractivity contribution in [3.05, 3.63) is 71.5 Å². The molecule has 1 aromatic heterocycles. The van der Waals surface area contributed by atoms with Crippen LogP contribution in [0.5, 0.6) is 0 Å². The summed E-state index contributed by atoms with van der Waals surface area (Å²) in [6, 6.07) is 17.4. The van der Waals surface area contributed by atoms with E-state index in [1.807, 2.05) is 37.3 Å². The fourth-order valence-electron chi connectivity index (χ4n) is 6.36. The Balaban J connectivity index is 1.12. The van der Waals surface area contributed by atoms with Crippen LogP contribution in [0.15, 0.2) is 59.6 Å². The normalized spacial score (nSPS) is 20.2. The number of anilines is 1. The largest absolute Gasteiger partial charge is 0.369 e. The predicted molar refractivity (Wildman–Crippen MR) is 147 cm³/mol. The molecular weight excluding hydrogens is 482 g/mol. The number of hydrogen-bond acceptors (Lipinski definition) is 5. The molecule has 0 atom stereocenters. The third kappa shape index (κ3) is 4.82. The molecule has 1 saturated carbocycles. The molecule has 0 spiro atoms. The molecule has 0 unspecified atom stereocenters. The summed E-state index contributed by atoms with van der Waals surface area (Å²) in [5.41, 5.74) is 5.68. The minimum Gasteiger partial charge on any atom is -0.369 e. The summed E-state index contributed by atoms with van der Waals surface area (Å²) in [5, 5.41) is 4.39. The highest BCUT2D eigenvalue weighted by Gasteiger charge is 2.32. The number of benzene rings is 2. The Morgan fingerprint density at radius 1 is 0.811 bits per heavy atom. The Morgan fingerprint density at radius 3 is 2.24 bits per heavy atom. The number of hydrogen-bond donors (Lipinski definition) is 0. The minimum absolute atomic E-state index is 0.293. The molecular formula is C29H37N5O2S. The van der Waals surface area contributed by atoms with Gasteiger partial charge < -0.3 is 4.90 Å². The van der Waals surface area contributed by atoms with Gasteiger partial charge in [-0.05, 0) is 68.0 Å². The van der Waals surface area contributed by atoms with Crippen LogP contribution in [-0.2, 0) is 22.9 Å². The smallest absolute Gasteiger partial charge is 0.246 e. The van der Waals surface area contributed by atoms with Gasteiger partial charge in [-0.1, -0.05) is 37.1 Å². The van der Waals surface area contributed by atoms with E-state index in [1.54, 1.807) is 8.99 Å².